The number of benzene rings is 4. The molecule has 0 saturated heterocycles. The van der Waals surface area contributed by atoms with Crippen LogP contribution in [0, 0.1) is 0 Å². The third-order valence-electron chi connectivity index (χ3n) is 8.53. The van der Waals surface area contributed by atoms with Gasteiger partial charge in [-0.2, -0.15) is 4.58 Å². The van der Waals surface area contributed by atoms with E-state index in [1.807, 2.05) is 46.2 Å². The predicted octanol–water partition coefficient (Wildman–Crippen LogP) is 10.6. The molecule has 7 rings (SSSR count). The molecule has 45 heavy (non-hydrogen) atoms. The topological polar surface area (TPSA) is 27.4 Å². The van der Waals surface area contributed by atoms with Gasteiger partial charge in [0.2, 0.25) is 11.4 Å². The van der Waals surface area contributed by atoms with Crippen LogP contribution >= 0.6 is 0 Å². The van der Waals surface area contributed by atoms with Crippen LogP contribution in [-0.4, -0.2) is 19.0 Å². The van der Waals surface area contributed by atoms with Crippen molar-refractivity contribution in [3.05, 3.63) is 144 Å². The van der Waals surface area contributed by atoms with Gasteiger partial charge in [-0.1, -0.05) is 87.2 Å². The summed E-state index contributed by atoms with van der Waals surface area (Å²) in [5, 5.41) is 5.83. The molecule has 0 amide bonds. The van der Waals surface area contributed by atoms with Crippen LogP contribution in [0.15, 0.2) is 127 Å². The Morgan fingerprint density at radius 3 is 2.44 bits per heavy atom. The fourth-order valence-corrected chi connectivity index (χ4v) is 6.46. The van der Waals surface area contributed by atoms with E-state index in [9.17, 15) is 0 Å². The molecule has 3 nitrogen and oxygen atoms in total. The highest BCUT2D eigenvalue weighted by Crippen LogP contribution is 2.49. The Labute approximate surface area is 267 Å². The number of hydrogen-bond acceptors (Lipinski definition) is 2. The fourth-order valence-electron chi connectivity index (χ4n) is 6.46. The second kappa shape index (κ2) is 13.2. The van der Waals surface area contributed by atoms with Crippen molar-refractivity contribution in [3.8, 4) is 22.3 Å². The van der Waals surface area contributed by atoms with E-state index in [-0.39, 0.29) is 0 Å². The summed E-state index contributed by atoms with van der Waals surface area (Å²) in [5.41, 5.74) is 14.6. The van der Waals surface area contributed by atoms with Gasteiger partial charge < -0.3 is 5.32 Å². The summed E-state index contributed by atoms with van der Waals surface area (Å²) in [6.07, 6.45) is 25.0. The summed E-state index contributed by atoms with van der Waals surface area (Å²) >= 11 is 0. The SMILES string of the molecule is C=C/C=C(\NC)c1ccc(-c2ccc3c4c(ccc3c2)-c2ccc(C3=NC=C3)cc2[N+]4=C/C=C\C=C/C)c2c1CCC=C2.CC. The van der Waals surface area contributed by atoms with E-state index in [1.54, 1.807) is 0 Å². The van der Waals surface area contributed by atoms with Gasteiger partial charge in [0.05, 0.1) is 22.2 Å². The van der Waals surface area contributed by atoms with Crippen molar-refractivity contribution >= 4 is 45.8 Å². The largest absolute Gasteiger partial charge is 0.388 e. The number of fused-ring (bicyclic) bond motifs is 6. The molecule has 1 aliphatic carbocycles. The first-order chi connectivity index (χ1) is 22.2. The van der Waals surface area contributed by atoms with E-state index in [1.165, 1.54) is 61.1 Å². The molecule has 0 saturated carbocycles. The number of nitrogens with one attached hydrogen (secondary N) is 1. The average molecular weight is 587 g/mol. The van der Waals surface area contributed by atoms with Gasteiger partial charge in [0.1, 0.15) is 0 Å². The van der Waals surface area contributed by atoms with Crippen LogP contribution in [0.3, 0.4) is 0 Å². The third-order valence-corrected chi connectivity index (χ3v) is 8.53. The Morgan fingerprint density at radius 2 is 1.69 bits per heavy atom. The van der Waals surface area contributed by atoms with Gasteiger partial charge in [0.25, 0.3) is 0 Å². The van der Waals surface area contributed by atoms with Gasteiger partial charge in [0.15, 0.2) is 6.21 Å². The van der Waals surface area contributed by atoms with Crippen LogP contribution in [-0.2, 0) is 6.42 Å². The minimum Gasteiger partial charge on any atom is -0.388 e. The standard InChI is InChI=1S/C40H34N3.C2H6/c1-4-6-7-10-24-43-39-26-29(37-22-23-42-37)16-18-35(39)36-19-15-28-25-27(14-17-31(28)40(36)43)30-20-21-34(38(41-3)11-5-2)33-13-9-8-12-32(30)33;1-2/h4-8,10-12,14-26,41H,2,9,13H2,1,3H3;1-2H3/q+1;/b6-4-,10-7-,38-11-,43-24?;. The third kappa shape index (κ3) is 5.36. The van der Waals surface area contributed by atoms with Crippen molar-refractivity contribution < 1.29 is 0 Å². The van der Waals surface area contributed by atoms with Crippen molar-refractivity contribution in [2.24, 2.45) is 4.99 Å². The molecule has 222 valence electrons. The summed E-state index contributed by atoms with van der Waals surface area (Å²) in [5.74, 6) is 0. The Hall–Kier alpha value is -5.28. The monoisotopic (exact) mass is 586 g/mol. The highest BCUT2D eigenvalue weighted by molar-refractivity contribution is 6.15. The zero-order valence-electron chi connectivity index (χ0n) is 26.6. The molecule has 0 radical (unpaired) electrons. The lowest BCUT2D eigenvalue weighted by molar-refractivity contribution is 0.972. The van der Waals surface area contributed by atoms with Crippen LogP contribution in [0.1, 0.15) is 49.4 Å². The van der Waals surface area contributed by atoms with Crippen molar-refractivity contribution in [1.29, 1.82) is 0 Å². The predicted molar refractivity (Wildman–Crippen MR) is 198 cm³/mol. The molecule has 2 aliphatic heterocycles. The molecule has 0 atom stereocenters. The second-order valence-electron chi connectivity index (χ2n) is 10.9. The Kier molecular flexibility index (Phi) is 8.70. The Balaban J connectivity index is 0.00000175. The number of nitrogens with zero attached hydrogens (tertiary/aromatic N) is 2. The number of hydrogen-bond donors (Lipinski definition) is 1. The smallest absolute Gasteiger partial charge is 0.227 e. The van der Waals surface area contributed by atoms with Crippen LogP contribution in [0.4, 0.5) is 11.4 Å². The van der Waals surface area contributed by atoms with E-state index < -0.39 is 0 Å². The van der Waals surface area contributed by atoms with Crippen molar-refractivity contribution in [3.63, 3.8) is 0 Å². The summed E-state index contributed by atoms with van der Waals surface area (Å²) in [6.45, 7) is 9.95. The van der Waals surface area contributed by atoms with Crippen LogP contribution in [0.25, 0.3) is 44.8 Å². The molecular formula is C42H40N3+. The maximum Gasteiger partial charge on any atom is 0.227 e. The molecule has 0 bridgehead atoms. The second-order valence-corrected chi connectivity index (χ2v) is 10.9. The van der Waals surface area contributed by atoms with Crippen LogP contribution in [0.2, 0.25) is 0 Å². The molecular weight excluding hydrogens is 546 g/mol. The van der Waals surface area contributed by atoms with Gasteiger partial charge >= 0.3 is 0 Å². The van der Waals surface area contributed by atoms with Crippen LogP contribution in [0.5, 0.6) is 0 Å². The molecule has 0 unspecified atom stereocenters. The fraction of sp³-hybridized carbons (Fsp3) is 0.143. The van der Waals surface area contributed by atoms with E-state index in [0.717, 1.165) is 29.8 Å². The quantitative estimate of drug-likeness (QED) is 0.149. The van der Waals surface area contributed by atoms with Crippen molar-refractivity contribution in [2.45, 2.75) is 33.6 Å². The average Bonchev–Trinajstić information content (AvgIpc) is 3.38. The van der Waals surface area contributed by atoms with E-state index in [0.29, 0.717) is 0 Å². The van der Waals surface area contributed by atoms with Gasteiger partial charge in [-0.05, 0) is 83.8 Å². The first-order valence-corrected chi connectivity index (χ1v) is 15.9. The summed E-state index contributed by atoms with van der Waals surface area (Å²) in [6, 6.07) is 22.7. The zero-order chi connectivity index (χ0) is 31.3. The molecule has 0 fully saturated rings. The molecule has 4 aromatic carbocycles. The van der Waals surface area contributed by atoms with Gasteiger partial charge in [0, 0.05) is 42.2 Å². The maximum atomic E-state index is 4.44. The molecule has 3 heteroatoms. The lowest BCUT2D eigenvalue weighted by atomic mass is 9.85. The summed E-state index contributed by atoms with van der Waals surface area (Å²) < 4.78 is 2.34. The van der Waals surface area contributed by atoms with Crippen molar-refractivity contribution in [1.82, 2.24) is 9.89 Å². The van der Waals surface area contributed by atoms with Crippen molar-refractivity contribution in [2.75, 3.05) is 7.05 Å². The van der Waals surface area contributed by atoms with E-state index >= 15 is 0 Å². The molecule has 3 aliphatic rings. The Morgan fingerprint density at radius 1 is 0.889 bits per heavy atom. The summed E-state index contributed by atoms with van der Waals surface area (Å²) in [4.78, 5) is 4.44. The maximum absolute atomic E-state index is 4.44. The van der Waals surface area contributed by atoms with Gasteiger partial charge in [-0.25, -0.2) is 0 Å². The lowest BCUT2D eigenvalue weighted by Gasteiger charge is -2.21. The number of aliphatic imine (C=N–C) groups is 1. The van der Waals surface area contributed by atoms with Crippen LogP contribution < -0.4 is 9.89 Å². The van der Waals surface area contributed by atoms with E-state index in [4.69, 9.17) is 0 Å². The lowest BCUT2D eigenvalue weighted by Crippen LogP contribution is -2.10. The number of rotatable bonds is 7. The van der Waals surface area contributed by atoms with E-state index in [2.05, 4.69) is 131 Å². The normalized spacial score (nSPS) is 15.4. The molecule has 0 aromatic heterocycles. The minimum atomic E-state index is 1.03. The van der Waals surface area contributed by atoms with Gasteiger partial charge in [-0.3, -0.25) is 4.99 Å². The van der Waals surface area contributed by atoms with Gasteiger partial charge in [-0.15, -0.1) is 0 Å². The molecule has 2 heterocycles. The molecule has 1 N–H and O–H groups in total. The first-order valence-electron chi connectivity index (χ1n) is 15.9. The highest BCUT2D eigenvalue weighted by atomic mass is 15.0. The Bertz CT molecular complexity index is 2020. The molecule has 4 aromatic rings. The first kappa shape index (κ1) is 29.8. The summed E-state index contributed by atoms with van der Waals surface area (Å²) in [7, 11) is 1.98. The highest BCUT2D eigenvalue weighted by Gasteiger charge is 2.34. The number of allylic oxidation sites excluding steroid dienone is 8. The molecule has 0 spiro atoms. The zero-order valence-corrected chi connectivity index (χ0v) is 26.6. The minimum absolute atomic E-state index is 1.03.